The number of nitrogens with one attached hydrogen (secondary N) is 1. The van der Waals surface area contributed by atoms with Gasteiger partial charge in [-0.05, 0) is 13.8 Å². The molecular formula is C9H17NO4. The molecule has 0 amide bonds. The largest absolute Gasteiger partial charge is 0.389 e. The lowest BCUT2D eigenvalue weighted by molar-refractivity contribution is -0.145. The molecule has 0 spiro atoms. The predicted octanol–water partition coefficient (Wildman–Crippen LogP) is -1.17. The van der Waals surface area contributed by atoms with Crippen LogP contribution in [0.15, 0.2) is 0 Å². The maximum atomic E-state index is 9.64. The highest BCUT2D eigenvalue weighted by Gasteiger charge is 2.44. The quantitative estimate of drug-likeness (QED) is 0.501. The standard InChI is InChI=1S/C9H17NO4/c1-9(2)13-4-6(14-9)7-8(12)5(11)3-10-7/h5-8,10-12H,3-4H2,1-2H3/t5-,6-,7+,8-/m1/s1. The van der Waals surface area contributed by atoms with Crippen LogP contribution in [0.25, 0.3) is 0 Å². The Labute approximate surface area is 83.0 Å². The molecule has 0 aromatic rings. The van der Waals surface area contributed by atoms with E-state index >= 15 is 0 Å². The van der Waals surface area contributed by atoms with Crippen molar-refractivity contribution in [2.45, 2.75) is 44.0 Å². The van der Waals surface area contributed by atoms with Crippen molar-refractivity contribution in [3.63, 3.8) is 0 Å². The second-order valence-corrected chi connectivity index (χ2v) is 4.36. The number of aliphatic hydroxyl groups excluding tert-OH is 2. The molecule has 0 radical (unpaired) electrons. The summed E-state index contributed by atoms with van der Waals surface area (Å²) in [6, 6.07) is -0.230. The Balaban J connectivity index is 1.97. The summed E-state index contributed by atoms with van der Waals surface area (Å²) in [6.45, 7) is 4.54. The van der Waals surface area contributed by atoms with E-state index in [1.807, 2.05) is 13.8 Å². The first-order chi connectivity index (χ1) is 6.49. The van der Waals surface area contributed by atoms with Gasteiger partial charge in [-0.2, -0.15) is 0 Å². The lowest BCUT2D eigenvalue weighted by atomic mass is 10.1. The van der Waals surface area contributed by atoms with Crippen molar-refractivity contribution < 1.29 is 19.7 Å². The van der Waals surface area contributed by atoms with E-state index in [1.54, 1.807) is 0 Å². The van der Waals surface area contributed by atoms with Gasteiger partial charge >= 0.3 is 0 Å². The molecule has 0 saturated carbocycles. The van der Waals surface area contributed by atoms with Crippen LogP contribution in [0.5, 0.6) is 0 Å². The topological polar surface area (TPSA) is 71.0 Å². The number of ether oxygens (including phenoxy) is 2. The fourth-order valence-corrected chi connectivity index (χ4v) is 1.98. The van der Waals surface area contributed by atoms with Crippen LogP contribution in [0.2, 0.25) is 0 Å². The highest BCUT2D eigenvalue weighted by atomic mass is 16.7. The Morgan fingerprint density at radius 1 is 1.36 bits per heavy atom. The van der Waals surface area contributed by atoms with Crippen LogP contribution in [0.4, 0.5) is 0 Å². The second-order valence-electron chi connectivity index (χ2n) is 4.36. The van der Waals surface area contributed by atoms with Crippen molar-refractivity contribution in [3.8, 4) is 0 Å². The summed E-state index contributed by atoms with van der Waals surface area (Å²) in [5.41, 5.74) is 0. The molecule has 0 bridgehead atoms. The number of β-amino-alcohol motifs (C(OH)–C–C–N with tert-alkyl or cyclic N) is 1. The van der Waals surface area contributed by atoms with E-state index in [0.29, 0.717) is 13.2 Å². The smallest absolute Gasteiger partial charge is 0.163 e. The van der Waals surface area contributed by atoms with Crippen LogP contribution < -0.4 is 5.32 Å². The van der Waals surface area contributed by atoms with Gasteiger partial charge in [0.15, 0.2) is 5.79 Å². The summed E-state index contributed by atoms with van der Waals surface area (Å²) >= 11 is 0. The third-order valence-electron chi connectivity index (χ3n) is 2.76. The first-order valence-electron chi connectivity index (χ1n) is 4.91. The number of hydrogen-bond donors (Lipinski definition) is 3. The molecule has 5 nitrogen and oxygen atoms in total. The molecule has 0 aromatic heterocycles. The summed E-state index contributed by atoms with van der Waals surface area (Å²) in [5, 5.41) is 22.0. The normalized spacial score (nSPS) is 47.1. The van der Waals surface area contributed by atoms with Gasteiger partial charge in [-0.25, -0.2) is 0 Å². The Kier molecular flexibility index (Phi) is 2.53. The Morgan fingerprint density at radius 2 is 2.07 bits per heavy atom. The average Bonchev–Trinajstić information content (AvgIpc) is 2.59. The molecule has 2 heterocycles. The molecule has 2 saturated heterocycles. The predicted molar refractivity (Wildman–Crippen MR) is 48.7 cm³/mol. The third-order valence-corrected chi connectivity index (χ3v) is 2.76. The van der Waals surface area contributed by atoms with Crippen molar-refractivity contribution in [3.05, 3.63) is 0 Å². The fraction of sp³-hybridized carbons (Fsp3) is 1.00. The minimum atomic E-state index is -0.766. The number of hydrogen-bond acceptors (Lipinski definition) is 5. The molecule has 0 aliphatic carbocycles. The van der Waals surface area contributed by atoms with Crippen molar-refractivity contribution in [1.82, 2.24) is 5.32 Å². The zero-order valence-corrected chi connectivity index (χ0v) is 8.43. The monoisotopic (exact) mass is 203 g/mol. The molecule has 0 aromatic carbocycles. The molecule has 5 heteroatoms. The molecule has 2 aliphatic rings. The first-order valence-corrected chi connectivity index (χ1v) is 4.91. The van der Waals surface area contributed by atoms with Crippen LogP contribution in [0, 0.1) is 0 Å². The summed E-state index contributed by atoms with van der Waals surface area (Å²) < 4.78 is 11.0. The van der Waals surface area contributed by atoms with E-state index in [-0.39, 0.29) is 12.1 Å². The van der Waals surface area contributed by atoms with Gasteiger partial charge in [-0.1, -0.05) is 0 Å². The van der Waals surface area contributed by atoms with Gasteiger partial charge in [-0.3, -0.25) is 0 Å². The molecule has 3 N–H and O–H groups in total. The lowest BCUT2D eigenvalue weighted by Gasteiger charge is -2.23. The van der Waals surface area contributed by atoms with E-state index < -0.39 is 18.0 Å². The molecular weight excluding hydrogens is 186 g/mol. The van der Waals surface area contributed by atoms with Crippen LogP contribution in [0.3, 0.4) is 0 Å². The highest BCUT2D eigenvalue weighted by Crippen LogP contribution is 2.27. The average molecular weight is 203 g/mol. The van der Waals surface area contributed by atoms with Gasteiger partial charge in [0.1, 0.15) is 6.10 Å². The van der Waals surface area contributed by atoms with Gasteiger partial charge in [0.25, 0.3) is 0 Å². The van der Waals surface area contributed by atoms with Crippen molar-refractivity contribution in [2.24, 2.45) is 0 Å². The second kappa shape index (κ2) is 3.43. The van der Waals surface area contributed by atoms with Gasteiger partial charge in [0.05, 0.1) is 24.9 Å². The van der Waals surface area contributed by atoms with Gasteiger partial charge in [0.2, 0.25) is 0 Å². The van der Waals surface area contributed by atoms with Crippen molar-refractivity contribution in [2.75, 3.05) is 13.2 Å². The van der Waals surface area contributed by atoms with Gasteiger partial charge in [-0.15, -0.1) is 0 Å². The minimum Gasteiger partial charge on any atom is -0.389 e. The van der Waals surface area contributed by atoms with E-state index in [0.717, 1.165) is 0 Å². The summed E-state index contributed by atoms with van der Waals surface area (Å²) in [4.78, 5) is 0. The Bertz CT molecular complexity index is 221. The van der Waals surface area contributed by atoms with E-state index in [1.165, 1.54) is 0 Å². The zero-order chi connectivity index (χ0) is 10.3. The van der Waals surface area contributed by atoms with E-state index in [4.69, 9.17) is 9.47 Å². The van der Waals surface area contributed by atoms with E-state index in [2.05, 4.69) is 5.32 Å². The highest BCUT2D eigenvalue weighted by molar-refractivity contribution is 4.97. The van der Waals surface area contributed by atoms with Crippen molar-refractivity contribution >= 4 is 0 Å². The third kappa shape index (κ3) is 1.78. The van der Waals surface area contributed by atoms with Crippen LogP contribution in [0.1, 0.15) is 13.8 Å². The molecule has 4 atom stereocenters. The summed E-state index contributed by atoms with van der Waals surface area (Å²) in [7, 11) is 0. The van der Waals surface area contributed by atoms with Crippen LogP contribution >= 0.6 is 0 Å². The van der Waals surface area contributed by atoms with Crippen LogP contribution in [-0.2, 0) is 9.47 Å². The Morgan fingerprint density at radius 3 is 2.50 bits per heavy atom. The van der Waals surface area contributed by atoms with Crippen LogP contribution in [-0.4, -0.2) is 53.5 Å². The van der Waals surface area contributed by atoms with E-state index in [9.17, 15) is 10.2 Å². The van der Waals surface area contributed by atoms with Crippen molar-refractivity contribution in [1.29, 1.82) is 0 Å². The fourth-order valence-electron chi connectivity index (χ4n) is 1.98. The zero-order valence-electron chi connectivity index (χ0n) is 8.43. The summed E-state index contributed by atoms with van der Waals surface area (Å²) in [6.07, 6.45) is -1.65. The number of aliphatic hydroxyl groups is 2. The van der Waals surface area contributed by atoms with Gasteiger partial charge < -0.3 is 25.0 Å². The first kappa shape index (κ1) is 10.3. The lowest BCUT2D eigenvalue weighted by Crippen LogP contribution is -2.45. The Hall–Kier alpha value is -0.200. The molecule has 2 fully saturated rings. The van der Waals surface area contributed by atoms with Gasteiger partial charge in [0, 0.05) is 6.54 Å². The maximum absolute atomic E-state index is 9.64. The maximum Gasteiger partial charge on any atom is 0.163 e. The molecule has 14 heavy (non-hydrogen) atoms. The molecule has 2 aliphatic heterocycles. The molecule has 82 valence electrons. The SMILES string of the molecule is CC1(C)OC[C@H]([C@@H]2NC[C@@H](O)[C@H]2O)O1. The molecule has 2 rings (SSSR count). The number of rotatable bonds is 1. The molecule has 0 unspecified atom stereocenters. The minimum absolute atomic E-state index is 0.183. The summed E-state index contributed by atoms with van der Waals surface area (Å²) in [5.74, 6) is -0.584.